The second-order valence-electron chi connectivity index (χ2n) is 10.8. The van der Waals surface area contributed by atoms with Crippen molar-refractivity contribution in [1.29, 1.82) is 0 Å². The van der Waals surface area contributed by atoms with E-state index in [0.717, 1.165) is 43.0 Å². The molecule has 0 aliphatic carbocycles. The Labute approximate surface area is 256 Å². The van der Waals surface area contributed by atoms with Crippen molar-refractivity contribution in [2.24, 2.45) is 0 Å². The number of amides is 2. The number of aromatic nitrogens is 3. The van der Waals surface area contributed by atoms with Gasteiger partial charge in [0, 0.05) is 74.1 Å². The molecule has 43 heavy (non-hydrogen) atoms. The SMILES string of the molecule is CCCC(=O)c1cnn(-c2ccc(NC(=O)c3cn(CC(=O)N4CCN(CCOC)CC4)c4ccc(Cl)cc34)cc2)c1C. The first-order chi connectivity index (χ1) is 20.8. The van der Waals surface area contributed by atoms with Crippen molar-refractivity contribution < 1.29 is 19.1 Å². The molecule has 1 N–H and O–H groups in total. The minimum atomic E-state index is -0.305. The topological polar surface area (TPSA) is 102 Å². The standard InChI is InChI=1S/C32H37ClN6O4/c1-4-5-30(40)27-19-34-39(22(27)2)25-9-7-24(8-10-25)35-32(42)28-20-38(29-11-6-23(33)18-26(28)29)21-31(41)37-14-12-36(13-15-37)16-17-43-3/h6-11,18-20H,4-5,12-17,21H2,1-3H3,(H,35,42). The number of piperazine rings is 1. The number of benzene rings is 2. The average molecular weight is 605 g/mol. The number of fused-ring (bicyclic) bond motifs is 1. The normalized spacial score (nSPS) is 13.9. The van der Waals surface area contributed by atoms with E-state index in [9.17, 15) is 14.4 Å². The number of ketones is 1. The summed E-state index contributed by atoms with van der Waals surface area (Å²) in [4.78, 5) is 43.2. The van der Waals surface area contributed by atoms with Gasteiger partial charge in [0.1, 0.15) is 6.54 Å². The van der Waals surface area contributed by atoms with Gasteiger partial charge in [-0.3, -0.25) is 19.3 Å². The molecule has 0 radical (unpaired) electrons. The number of nitrogens with one attached hydrogen (secondary N) is 1. The zero-order valence-electron chi connectivity index (χ0n) is 24.8. The van der Waals surface area contributed by atoms with Gasteiger partial charge in [0.15, 0.2) is 5.78 Å². The molecular weight excluding hydrogens is 568 g/mol. The predicted molar refractivity (Wildman–Crippen MR) is 167 cm³/mol. The summed E-state index contributed by atoms with van der Waals surface area (Å²) in [6.07, 6.45) is 4.60. The van der Waals surface area contributed by atoms with Crippen LogP contribution in [0.3, 0.4) is 0 Å². The number of rotatable bonds is 11. The third kappa shape index (κ3) is 6.82. The molecule has 0 atom stereocenters. The molecule has 0 bridgehead atoms. The summed E-state index contributed by atoms with van der Waals surface area (Å²) in [5.41, 5.74) is 3.98. The molecule has 5 rings (SSSR count). The summed E-state index contributed by atoms with van der Waals surface area (Å²) in [6.45, 7) is 8.44. The number of carbonyl (C=O) groups is 3. The van der Waals surface area contributed by atoms with Gasteiger partial charge in [-0.05, 0) is 55.8 Å². The minimum Gasteiger partial charge on any atom is -0.383 e. The fourth-order valence-electron chi connectivity index (χ4n) is 5.46. The highest BCUT2D eigenvalue weighted by atomic mass is 35.5. The predicted octanol–water partition coefficient (Wildman–Crippen LogP) is 4.81. The van der Waals surface area contributed by atoms with Crippen molar-refractivity contribution in [1.82, 2.24) is 24.1 Å². The van der Waals surface area contributed by atoms with Gasteiger partial charge in [0.25, 0.3) is 5.91 Å². The molecule has 1 aliphatic rings. The van der Waals surface area contributed by atoms with Crippen LogP contribution in [-0.4, -0.2) is 88.2 Å². The first kappa shape index (κ1) is 30.5. The highest BCUT2D eigenvalue weighted by Crippen LogP contribution is 2.27. The Hall–Kier alpha value is -3.99. The van der Waals surface area contributed by atoms with Crippen molar-refractivity contribution >= 4 is 45.8 Å². The van der Waals surface area contributed by atoms with E-state index in [1.54, 1.807) is 48.5 Å². The van der Waals surface area contributed by atoms with Crippen molar-refractivity contribution in [3.05, 3.63) is 76.7 Å². The fraction of sp³-hybridized carbons (Fsp3) is 0.375. The van der Waals surface area contributed by atoms with Gasteiger partial charge < -0.3 is 19.5 Å². The first-order valence-electron chi connectivity index (χ1n) is 14.6. The molecule has 4 aromatic rings. The lowest BCUT2D eigenvalue weighted by atomic mass is 10.1. The van der Waals surface area contributed by atoms with Crippen molar-refractivity contribution in [2.45, 2.75) is 33.2 Å². The summed E-state index contributed by atoms with van der Waals surface area (Å²) in [6, 6.07) is 12.6. The van der Waals surface area contributed by atoms with Crippen molar-refractivity contribution in [3.63, 3.8) is 0 Å². The monoisotopic (exact) mass is 604 g/mol. The van der Waals surface area contributed by atoms with Crippen LogP contribution in [0, 0.1) is 6.92 Å². The van der Waals surface area contributed by atoms with E-state index in [2.05, 4.69) is 15.3 Å². The molecule has 11 heteroatoms. The Kier molecular flexibility index (Phi) is 9.59. The summed E-state index contributed by atoms with van der Waals surface area (Å²) >= 11 is 6.31. The second kappa shape index (κ2) is 13.5. The van der Waals surface area contributed by atoms with E-state index >= 15 is 0 Å². The smallest absolute Gasteiger partial charge is 0.257 e. The maximum atomic E-state index is 13.5. The lowest BCUT2D eigenvalue weighted by Gasteiger charge is -2.34. The number of halogens is 1. The van der Waals surface area contributed by atoms with E-state index < -0.39 is 0 Å². The van der Waals surface area contributed by atoms with Crippen LogP contribution >= 0.6 is 11.6 Å². The van der Waals surface area contributed by atoms with Gasteiger partial charge >= 0.3 is 0 Å². The summed E-state index contributed by atoms with van der Waals surface area (Å²) < 4.78 is 8.71. The fourth-order valence-corrected chi connectivity index (χ4v) is 5.63. The molecule has 1 saturated heterocycles. The van der Waals surface area contributed by atoms with Crippen molar-refractivity contribution in [3.8, 4) is 5.69 Å². The average Bonchev–Trinajstić information content (AvgIpc) is 3.56. The molecule has 10 nitrogen and oxygen atoms in total. The quantitative estimate of drug-likeness (QED) is 0.247. The van der Waals surface area contributed by atoms with E-state index in [4.69, 9.17) is 16.3 Å². The Bertz CT molecular complexity index is 1620. The zero-order chi connectivity index (χ0) is 30.5. The molecule has 226 valence electrons. The Morgan fingerprint density at radius 3 is 2.47 bits per heavy atom. The van der Waals surface area contributed by atoms with E-state index in [0.29, 0.717) is 53.3 Å². The molecule has 2 aromatic heterocycles. The van der Waals surface area contributed by atoms with Crippen LogP contribution in [0.15, 0.2) is 54.9 Å². The number of Topliss-reactive ketones (excluding diaryl/α,β-unsaturated/α-hetero) is 1. The highest BCUT2D eigenvalue weighted by molar-refractivity contribution is 6.31. The number of anilines is 1. The van der Waals surface area contributed by atoms with Gasteiger partial charge in [0.05, 0.1) is 35.3 Å². The molecule has 2 aromatic carbocycles. The largest absolute Gasteiger partial charge is 0.383 e. The highest BCUT2D eigenvalue weighted by Gasteiger charge is 2.23. The molecule has 2 amide bonds. The molecule has 0 saturated carbocycles. The number of hydrogen-bond donors (Lipinski definition) is 1. The van der Waals surface area contributed by atoms with Crippen LogP contribution in [-0.2, 0) is 16.1 Å². The van der Waals surface area contributed by atoms with Crippen LogP contribution in [0.25, 0.3) is 16.6 Å². The Balaban J connectivity index is 1.30. The maximum absolute atomic E-state index is 13.5. The van der Waals surface area contributed by atoms with Gasteiger partial charge in [-0.25, -0.2) is 4.68 Å². The molecule has 0 spiro atoms. The first-order valence-corrected chi connectivity index (χ1v) is 14.9. The number of carbonyl (C=O) groups excluding carboxylic acids is 3. The van der Waals surface area contributed by atoms with Gasteiger partial charge in [-0.15, -0.1) is 0 Å². The van der Waals surface area contributed by atoms with Gasteiger partial charge in [-0.2, -0.15) is 5.10 Å². The Morgan fingerprint density at radius 1 is 1.02 bits per heavy atom. The summed E-state index contributed by atoms with van der Waals surface area (Å²) in [7, 11) is 1.69. The van der Waals surface area contributed by atoms with Crippen LogP contribution in [0.4, 0.5) is 5.69 Å². The van der Waals surface area contributed by atoms with Gasteiger partial charge in [-0.1, -0.05) is 18.5 Å². The molecule has 1 fully saturated rings. The third-order valence-electron chi connectivity index (χ3n) is 7.89. The van der Waals surface area contributed by atoms with Gasteiger partial charge in [0.2, 0.25) is 5.91 Å². The lowest BCUT2D eigenvalue weighted by molar-refractivity contribution is -0.133. The van der Waals surface area contributed by atoms with Crippen LogP contribution in [0.2, 0.25) is 5.02 Å². The molecule has 0 unspecified atom stereocenters. The Morgan fingerprint density at radius 2 is 1.77 bits per heavy atom. The van der Waals surface area contributed by atoms with Crippen LogP contribution < -0.4 is 5.32 Å². The number of hydrogen-bond acceptors (Lipinski definition) is 6. The van der Waals surface area contributed by atoms with Crippen LogP contribution in [0.1, 0.15) is 46.2 Å². The van der Waals surface area contributed by atoms with E-state index in [1.165, 1.54) is 0 Å². The zero-order valence-corrected chi connectivity index (χ0v) is 25.6. The number of ether oxygens (including phenoxy) is 1. The number of nitrogens with zero attached hydrogens (tertiary/aromatic N) is 5. The van der Waals surface area contributed by atoms with Crippen molar-refractivity contribution in [2.75, 3.05) is 51.8 Å². The third-order valence-corrected chi connectivity index (χ3v) is 8.12. The lowest BCUT2D eigenvalue weighted by Crippen LogP contribution is -2.50. The maximum Gasteiger partial charge on any atom is 0.257 e. The molecule has 3 heterocycles. The molecule has 1 aliphatic heterocycles. The molecular formula is C32H37ClN6O4. The summed E-state index contributed by atoms with van der Waals surface area (Å²) in [5.74, 6) is -0.216. The van der Waals surface area contributed by atoms with E-state index in [-0.39, 0.29) is 24.1 Å². The minimum absolute atomic E-state index is 0.00857. The van der Waals surface area contributed by atoms with Crippen LogP contribution in [0.5, 0.6) is 0 Å². The van der Waals surface area contributed by atoms with E-state index in [1.807, 2.05) is 41.5 Å². The summed E-state index contributed by atoms with van der Waals surface area (Å²) in [5, 5.41) is 8.55. The second-order valence-corrected chi connectivity index (χ2v) is 11.2. The number of methoxy groups -OCH3 is 1.